The van der Waals surface area contributed by atoms with Crippen LogP contribution in [-0.4, -0.2) is 9.97 Å². The molecule has 0 bridgehead atoms. The normalized spacial score (nSPS) is 11.5. The van der Waals surface area contributed by atoms with Crippen LogP contribution in [0.3, 0.4) is 0 Å². The van der Waals surface area contributed by atoms with Gasteiger partial charge in [-0.3, -0.25) is 0 Å². The van der Waals surface area contributed by atoms with Crippen LogP contribution in [0.5, 0.6) is 0 Å². The minimum Gasteiger partial charge on any atom is -0.337 e. The molecule has 20 heavy (non-hydrogen) atoms. The number of hydrogen-bond acceptors (Lipinski definition) is 3. The third-order valence-electron chi connectivity index (χ3n) is 2.58. The summed E-state index contributed by atoms with van der Waals surface area (Å²) in [4.78, 5) is 8.59. The van der Waals surface area contributed by atoms with E-state index in [1.165, 1.54) is 6.07 Å². The second-order valence-corrected chi connectivity index (χ2v) is 6.61. The molecule has 3 nitrogen and oxygen atoms in total. The van der Waals surface area contributed by atoms with Crippen molar-refractivity contribution in [1.82, 2.24) is 9.97 Å². The van der Waals surface area contributed by atoms with E-state index in [1.807, 2.05) is 20.8 Å². The summed E-state index contributed by atoms with van der Waals surface area (Å²) in [7, 11) is 0. The van der Waals surface area contributed by atoms with Crippen LogP contribution >= 0.6 is 27.5 Å². The summed E-state index contributed by atoms with van der Waals surface area (Å²) in [5.41, 5.74) is 0.0791. The van der Waals surface area contributed by atoms with Crippen molar-refractivity contribution in [3.05, 3.63) is 45.5 Å². The van der Waals surface area contributed by atoms with E-state index in [4.69, 9.17) is 11.6 Å². The van der Waals surface area contributed by atoms with Gasteiger partial charge in [-0.1, -0.05) is 38.4 Å². The SMILES string of the molecule is CC(C)(C)c1nc(Cl)cc(Nc2c(F)cccc2Br)n1. The average Bonchev–Trinajstić information content (AvgIpc) is 2.32. The predicted molar refractivity (Wildman–Crippen MR) is 83.1 cm³/mol. The van der Waals surface area contributed by atoms with E-state index < -0.39 is 0 Å². The zero-order chi connectivity index (χ0) is 14.9. The number of rotatable bonds is 2. The summed E-state index contributed by atoms with van der Waals surface area (Å²) in [6.45, 7) is 5.96. The van der Waals surface area contributed by atoms with Crippen molar-refractivity contribution in [3.8, 4) is 0 Å². The zero-order valence-corrected chi connectivity index (χ0v) is 13.7. The zero-order valence-electron chi connectivity index (χ0n) is 11.3. The molecule has 0 unspecified atom stereocenters. The van der Waals surface area contributed by atoms with Gasteiger partial charge in [-0.2, -0.15) is 0 Å². The third-order valence-corrected chi connectivity index (χ3v) is 3.44. The van der Waals surface area contributed by atoms with Crippen molar-refractivity contribution in [2.75, 3.05) is 5.32 Å². The van der Waals surface area contributed by atoms with Gasteiger partial charge in [0.1, 0.15) is 22.6 Å². The molecule has 1 N–H and O–H groups in total. The highest BCUT2D eigenvalue weighted by Crippen LogP contribution is 2.29. The second-order valence-electron chi connectivity index (χ2n) is 5.37. The molecule has 0 radical (unpaired) electrons. The fraction of sp³-hybridized carbons (Fsp3) is 0.286. The summed E-state index contributed by atoms with van der Waals surface area (Å²) in [5, 5.41) is 3.26. The molecular weight excluding hydrogens is 345 g/mol. The molecule has 6 heteroatoms. The van der Waals surface area contributed by atoms with E-state index in [9.17, 15) is 4.39 Å². The molecule has 0 aliphatic carbocycles. The molecule has 1 aromatic carbocycles. The largest absolute Gasteiger partial charge is 0.337 e. The fourth-order valence-electron chi connectivity index (χ4n) is 1.56. The van der Waals surface area contributed by atoms with Crippen LogP contribution in [-0.2, 0) is 5.41 Å². The highest BCUT2D eigenvalue weighted by molar-refractivity contribution is 9.10. The van der Waals surface area contributed by atoms with E-state index in [0.717, 1.165) is 0 Å². The first kappa shape index (κ1) is 15.2. The minimum absolute atomic E-state index is 0.242. The van der Waals surface area contributed by atoms with Crippen molar-refractivity contribution in [3.63, 3.8) is 0 Å². The molecule has 0 aliphatic rings. The number of halogens is 3. The molecule has 0 amide bonds. The van der Waals surface area contributed by atoms with E-state index >= 15 is 0 Å². The molecule has 1 aromatic heterocycles. The lowest BCUT2D eigenvalue weighted by atomic mass is 9.96. The van der Waals surface area contributed by atoms with Crippen LogP contribution in [0.1, 0.15) is 26.6 Å². The number of nitrogens with zero attached hydrogens (tertiary/aromatic N) is 2. The van der Waals surface area contributed by atoms with Crippen molar-refractivity contribution in [2.24, 2.45) is 0 Å². The molecule has 2 aromatic rings. The van der Waals surface area contributed by atoms with Crippen LogP contribution in [0.15, 0.2) is 28.7 Å². The van der Waals surface area contributed by atoms with Gasteiger partial charge in [0.2, 0.25) is 0 Å². The Morgan fingerprint density at radius 2 is 1.95 bits per heavy atom. The monoisotopic (exact) mass is 357 g/mol. The summed E-state index contributed by atoms with van der Waals surface area (Å²) >= 11 is 9.31. The first-order valence-corrected chi connectivity index (χ1v) is 7.20. The number of hydrogen-bond donors (Lipinski definition) is 1. The van der Waals surface area contributed by atoms with E-state index in [1.54, 1.807) is 18.2 Å². The molecule has 0 saturated heterocycles. The predicted octanol–water partition coefficient (Wildman–Crippen LogP) is 5.07. The fourth-order valence-corrected chi connectivity index (χ4v) is 2.19. The molecule has 0 saturated carbocycles. The summed E-state index contributed by atoms with van der Waals surface area (Å²) in [6, 6.07) is 6.31. The molecule has 2 rings (SSSR count). The Morgan fingerprint density at radius 1 is 1.25 bits per heavy atom. The molecule has 0 fully saturated rings. The standard InChI is InChI=1S/C14H14BrClFN3/c1-14(2,3)13-18-10(16)7-11(20-13)19-12-8(15)5-4-6-9(12)17/h4-7H,1-3H3,(H,18,19,20). The Labute approximate surface area is 130 Å². The lowest BCUT2D eigenvalue weighted by Gasteiger charge is -2.18. The van der Waals surface area contributed by atoms with Gasteiger partial charge in [-0.25, -0.2) is 14.4 Å². The van der Waals surface area contributed by atoms with Crippen LogP contribution in [0.4, 0.5) is 15.9 Å². The number of nitrogens with one attached hydrogen (secondary N) is 1. The number of aromatic nitrogens is 2. The van der Waals surface area contributed by atoms with Crippen molar-refractivity contribution in [1.29, 1.82) is 0 Å². The highest BCUT2D eigenvalue weighted by Gasteiger charge is 2.19. The van der Waals surface area contributed by atoms with Gasteiger partial charge in [0.15, 0.2) is 0 Å². The second kappa shape index (κ2) is 5.66. The molecule has 1 heterocycles. The summed E-state index contributed by atoms with van der Waals surface area (Å²) in [6.07, 6.45) is 0. The lowest BCUT2D eigenvalue weighted by Crippen LogP contribution is -2.17. The van der Waals surface area contributed by atoms with E-state index in [-0.39, 0.29) is 11.2 Å². The van der Waals surface area contributed by atoms with Gasteiger partial charge < -0.3 is 5.32 Å². The maximum absolute atomic E-state index is 13.8. The maximum Gasteiger partial charge on any atom is 0.147 e. The minimum atomic E-state index is -0.369. The van der Waals surface area contributed by atoms with Gasteiger partial charge in [0.05, 0.1) is 5.69 Å². The summed E-state index contributed by atoms with van der Waals surface area (Å²) in [5.74, 6) is 0.687. The van der Waals surface area contributed by atoms with Gasteiger partial charge in [0, 0.05) is 16.0 Å². The quantitative estimate of drug-likeness (QED) is 0.761. The maximum atomic E-state index is 13.8. The number of anilines is 2. The van der Waals surface area contributed by atoms with Crippen molar-refractivity contribution < 1.29 is 4.39 Å². The van der Waals surface area contributed by atoms with E-state index in [2.05, 4.69) is 31.2 Å². The van der Waals surface area contributed by atoms with Gasteiger partial charge in [0.25, 0.3) is 0 Å². The Morgan fingerprint density at radius 3 is 2.55 bits per heavy atom. The first-order chi connectivity index (χ1) is 9.27. The lowest BCUT2D eigenvalue weighted by molar-refractivity contribution is 0.546. The highest BCUT2D eigenvalue weighted by atomic mass is 79.9. The van der Waals surface area contributed by atoms with Gasteiger partial charge >= 0.3 is 0 Å². The van der Waals surface area contributed by atoms with Crippen LogP contribution in [0, 0.1) is 5.82 Å². The Kier molecular flexibility index (Phi) is 4.30. The molecule has 0 spiro atoms. The van der Waals surface area contributed by atoms with Crippen LogP contribution < -0.4 is 5.32 Å². The average molecular weight is 359 g/mol. The Hall–Kier alpha value is -1.20. The number of para-hydroxylation sites is 1. The smallest absolute Gasteiger partial charge is 0.147 e. The van der Waals surface area contributed by atoms with Crippen molar-refractivity contribution in [2.45, 2.75) is 26.2 Å². The third kappa shape index (κ3) is 3.46. The summed E-state index contributed by atoms with van der Waals surface area (Å²) < 4.78 is 14.4. The van der Waals surface area contributed by atoms with Gasteiger partial charge in [-0.05, 0) is 28.1 Å². The topological polar surface area (TPSA) is 37.8 Å². The number of benzene rings is 1. The molecular formula is C14H14BrClFN3. The molecule has 106 valence electrons. The Bertz CT molecular complexity index is 621. The Balaban J connectivity index is 2.42. The first-order valence-electron chi connectivity index (χ1n) is 6.03. The van der Waals surface area contributed by atoms with E-state index in [0.29, 0.717) is 27.0 Å². The van der Waals surface area contributed by atoms with Gasteiger partial charge in [-0.15, -0.1) is 0 Å². The molecule has 0 aliphatic heterocycles. The van der Waals surface area contributed by atoms with Crippen LogP contribution in [0.25, 0.3) is 0 Å². The molecule has 0 atom stereocenters. The van der Waals surface area contributed by atoms with Crippen LogP contribution in [0.2, 0.25) is 5.15 Å². The van der Waals surface area contributed by atoms with Crippen molar-refractivity contribution >= 4 is 39.0 Å².